The van der Waals surface area contributed by atoms with Crippen LogP contribution in [0.3, 0.4) is 0 Å². The van der Waals surface area contributed by atoms with Crippen molar-refractivity contribution in [3.05, 3.63) is 24.2 Å². The fraction of sp³-hybridized carbons (Fsp3) is 0.538. The van der Waals surface area contributed by atoms with E-state index in [4.69, 9.17) is 11.6 Å². The van der Waals surface area contributed by atoms with E-state index in [-0.39, 0.29) is 11.6 Å². The third kappa shape index (κ3) is 3.78. The van der Waals surface area contributed by atoms with Gasteiger partial charge in [-0.15, -0.1) is 11.6 Å². The fourth-order valence-electron chi connectivity index (χ4n) is 2.09. The third-order valence-electron chi connectivity index (χ3n) is 2.96. The van der Waals surface area contributed by atoms with Crippen LogP contribution in [0, 0.1) is 5.92 Å². The number of aromatic nitrogens is 3. The summed E-state index contributed by atoms with van der Waals surface area (Å²) >= 11 is 5.90. The predicted molar refractivity (Wildman–Crippen MR) is 75.6 cm³/mol. The highest BCUT2D eigenvalue weighted by Gasteiger charge is 2.34. The Labute approximate surface area is 125 Å². The lowest BCUT2D eigenvalue weighted by molar-refractivity contribution is -0.141. The fourth-order valence-corrected chi connectivity index (χ4v) is 2.30. The van der Waals surface area contributed by atoms with Crippen molar-refractivity contribution in [3.8, 4) is 0 Å². The molecule has 2 aromatic heterocycles. The van der Waals surface area contributed by atoms with Crippen LogP contribution >= 0.6 is 11.6 Å². The van der Waals surface area contributed by atoms with Gasteiger partial charge in [0.25, 0.3) is 0 Å². The first kappa shape index (κ1) is 15.9. The summed E-state index contributed by atoms with van der Waals surface area (Å²) in [5.41, 5.74) is -0.659. The third-order valence-corrected chi connectivity index (χ3v) is 3.34. The molecule has 21 heavy (non-hydrogen) atoms. The van der Waals surface area contributed by atoms with E-state index in [1.807, 2.05) is 0 Å². The molecule has 0 aliphatic heterocycles. The van der Waals surface area contributed by atoms with Gasteiger partial charge in [0.2, 0.25) is 0 Å². The number of fused-ring (bicyclic) bond motifs is 1. The van der Waals surface area contributed by atoms with Crippen LogP contribution in [-0.2, 0) is 6.18 Å². The summed E-state index contributed by atoms with van der Waals surface area (Å²) < 4.78 is 39.3. The van der Waals surface area contributed by atoms with Gasteiger partial charge in [0.15, 0.2) is 11.5 Å². The standard InChI is InChI=1S/C13H16ClF3N4/c1-8(2)5-9(7-14)19-12-10-6-11(13(15,16)17)20-21(10)4-3-18-12/h3-4,6,8-9H,5,7H2,1-2H3,(H,18,19). The van der Waals surface area contributed by atoms with Crippen molar-refractivity contribution in [1.29, 1.82) is 0 Å². The topological polar surface area (TPSA) is 42.2 Å². The van der Waals surface area contributed by atoms with Gasteiger partial charge in [0, 0.05) is 30.4 Å². The van der Waals surface area contributed by atoms with Crippen LogP contribution in [-0.4, -0.2) is 26.5 Å². The minimum absolute atomic E-state index is 0.0606. The summed E-state index contributed by atoms with van der Waals surface area (Å²) in [6.45, 7) is 4.10. The molecule has 1 unspecified atom stereocenters. The van der Waals surface area contributed by atoms with Gasteiger partial charge in [-0.05, 0) is 12.3 Å². The Hall–Kier alpha value is -1.50. The van der Waals surface area contributed by atoms with Crippen LogP contribution in [0.25, 0.3) is 5.52 Å². The van der Waals surface area contributed by atoms with E-state index in [1.54, 1.807) is 0 Å². The van der Waals surface area contributed by atoms with E-state index < -0.39 is 11.9 Å². The summed E-state index contributed by atoms with van der Waals surface area (Å²) in [4.78, 5) is 4.10. The molecule has 0 bridgehead atoms. The normalized spacial score (nSPS) is 13.9. The van der Waals surface area contributed by atoms with Crippen LogP contribution in [0.4, 0.5) is 19.0 Å². The highest BCUT2D eigenvalue weighted by molar-refractivity contribution is 6.18. The van der Waals surface area contributed by atoms with Gasteiger partial charge in [0.05, 0.1) is 0 Å². The van der Waals surface area contributed by atoms with Gasteiger partial charge in [-0.2, -0.15) is 18.3 Å². The minimum Gasteiger partial charge on any atom is -0.364 e. The number of anilines is 1. The maximum absolute atomic E-state index is 12.7. The first-order valence-electron chi connectivity index (χ1n) is 6.55. The molecule has 8 heteroatoms. The zero-order valence-electron chi connectivity index (χ0n) is 11.7. The first-order chi connectivity index (χ1) is 9.81. The maximum atomic E-state index is 12.7. The predicted octanol–water partition coefficient (Wildman–Crippen LogP) is 3.81. The van der Waals surface area contributed by atoms with E-state index in [1.165, 1.54) is 16.9 Å². The number of rotatable bonds is 5. The van der Waals surface area contributed by atoms with Gasteiger partial charge >= 0.3 is 6.18 Å². The van der Waals surface area contributed by atoms with Crippen LogP contribution in [0.1, 0.15) is 26.0 Å². The van der Waals surface area contributed by atoms with Gasteiger partial charge in [-0.1, -0.05) is 13.8 Å². The second-order valence-corrected chi connectivity index (χ2v) is 5.57. The van der Waals surface area contributed by atoms with Gasteiger partial charge < -0.3 is 5.32 Å². The molecule has 4 nitrogen and oxygen atoms in total. The second kappa shape index (κ2) is 6.09. The molecule has 0 aromatic carbocycles. The molecule has 1 N–H and O–H groups in total. The smallest absolute Gasteiger partial charge is 0.364 e. The Morgan fingerprint density at radius 3 is 2.67 bits per heavy atom. The lowest BCUT2D eigenvalue weighted by atomic mass is 10.1. The monoisotopic (exact) mass is 320 g/mol. The Kier molecular flexibility index (Phi) is 4.61. The average molecular weight is 321 g/mol. The molecular formula is C13H16ClF3N4. The largest absolute Gasteiger partial charge is 0.435 e. The zero-order valence-corrected chi connectivity index (χ0v) is 12.4. The molecule has 2 rings (SSSR count). The number of hydrogen-bond donors (Lipinski definition) is 1. The second-order valence-electron chi connectivity index (χ2n) is 5.26. The van der Waals surface area contributed by atoms with Crippen molar-refractivity contribution in [1.82, 2.24) is 14.6 Å². The molecule has 2 heterocycles. The lowest BCUT2D eigenvalue weighted by Crippen LogP contribution is -2.24. The Morgan fingerprint density at radius 2 is 2.10 bits per heavy atom. The van der Waals surface area contributed by atoms with E-state index in [2.05, 4.69) is 29.2 Å². The van der Waals surface area contributed by atoms with Gasteiger partial charge in [-0.25, -0.2) is 9.50 Å². The summed E-state index contributed by atoms with van der Waals surface area (Å²) in [5.74, 6) is 1.12. The number of nitrogens with one attached hydrogen (secondary N) is 1. The van der Waals surface area contributed by atoms with Crippen molar-refractivity contribution in [2.75, 3.05) is 11.2 Å². The van der Waals surface area contributed by atoms with Crippen LogP contribution in [0.2, 0.25) is 0 Å². The summed E-state index contributed by atoms with van der Waals surface area (Å²) in [6.07, 6.45) is -0.892. The Morgan fingerprint density at radius 1 is 1.38 bits per heavy atom. The SMILES string of the molecule is CC(C)CC(CCl)Nc1nccn2nc(C(F)(F)F)cc12. The molecular weight excluding hydrogens is 305 g/mol. The Balaban J connectivity index is 2.33. The molecule has 0 spiro atoms. The van der Waals surface area contributed by atoms with Crippen molar-refractivity contribution in [2.45, 2.75) is 32.5 Å². The summed E-state index contributed by atoms with van der Waals surface area (Å²) in [6, 6.07) is 0.922. The van der Waals surface area contributed by atoms with Crippen molar-refractivity contribution < 1.29 is 13.2 Å². The number of halogens is 4. The molecule has 0 saturated carbocycles. The summed E-state index contributed by atoms with van der Waals surface area (Å²) in [5, 5.41) is 6.61. The zero-order chi connectivity index (χ0) is 15.6. The minimum atomic E-state index is -4.48. The van der Waals surface area contributed by atoms with E-state index in [0.29, 0.717) is 17.6 Å². The van der Waals surface area contributed by atoms with Crippen molar-refractivity contribution in [3.63, 3.8) is 0 Å². The molecule has 0 radical (unpaired) electrons. The highest BCUT2D eigenvalue weighted by atomic mass is 35.5. The number of hydrogen-bond acceptors (Lipinski definition) is 3. The molecule has 0 saturated heterocycles. The maximum Gasteiger partial charge on any atom is 0.435 e. The number of alkyl halides is 4. The molecule has 116 valence electrons. The van der Waals surface area contributed by atoms with Crippen LogP contribution in [0.5, 0.6) is 0 Å². The van der Waals surface area contributed by atoms with Crippen molar-refractivity contribution >= 4 is 22.9 Å². The molecule has 0 fully saturated rings. The van der Waals surface area contributed by atoms with Gasteiger partial charge in [-0.3, -0.25) is 0 Å². The molecule has 2 aromatic rings. The van der Waals surface area contributed by atoms with Crippen molar-refractivity contribution in [2.24, 2.45) is 5.92 Å². The average Bonchev–Trinajstić information content (AvgIpc) is 2.82. The van der Waals surface area contributed by atoms with E-state index >= 15 is 0 Å². The molecule has 0 amide bonds. The molecule has 0 aliphatic carbocycles. The highest BCUT2D eigenvalue weighted by Crippen LogP contribution is 2.30. The van der Waals surface area contributed by atoms with Crippen LogP contribution in [0.15, 0.2) is 18.5 Å². The Bertz CT molecular complexity index is 609. The van der Waals surface area contributed by atoms with Crippen LogP contribution < -0.4 is 5.32 Å². The first-order valence-corrected chi connectivity index (χ1v) is 7.08. The summed E-state index contributed by atoms with van der Waals surface area (Å²) in [7, 11) is 0. The van der Waals surface area contributed by atoms with Gasteiger partial charge in [0.1, 0.15) is 5.52 Å². The molecule has 1 atom stereocenters. The van der Waals surface area contributed by atoms with E-state index in [0.717, 1.165) is 12.5 Å². The number of nitrogens with zero attached hydrogens (tertiary/aromatic N) is 3. The van der Waals surface area contributed by atoms with E-state index in [9.17, 15) is 13.2 Å². The lowest BCUT2D eigenvalue weighted by Gasteiger charge is -2.18. The molecule has 0 aliphatic rings. The quantitative estimate of drug-likeness (QED) is 0.852.